The van der Waals surface area contributed by atoms with Crippen LogP contribution >= 0.6 is 0 Å². The lowest BCUT2D eigenvalue weighted by Crippen LogP contribution is -2.56. The zero-order valence-corrected chi connectivity index (χ0v) is 13.4. The maximum atomic E-state index is 12.6. The fourth-order valence-electron chi connectivity index (χ4n) is 3.42. The fraction of sp³-hybridized carbons (Fsp3) is 0.353. The Labute approximate surface area is 139 Å². The number of primary amides is 2. The predicted molar refractivity (Wildman–Crippen MR) is 85.9 cm³/mol. The molecule has 0 aliphatic heterocycles. The minimum Gasteiger partial charge on any atom is -0.370 e. The van der Waals surface area contributed by atoms with Crippen molar-refractivity contribution in [2.24, 2.45) is 17.4 Å². The molecule has 1 saturated carbocycles. The van der Waals surface area contributed by atoms with Crippen LogP contribution in [0.15, 0.2) is 24.3 Å². The number of nitrogens with zero attached hydrogens (tertiary/aromatic N) is 1. The van der Waals surface area contributed by atoms with Gasteiger partial charge in [0.2, 0.25) is 11.8 Å². The van der Waals surface area contributed by atoms with Crippen molar-refractivity contribution in [2.45, 2.75) is 31.6 Å². The Hall–Kier alpha value is -2.83. The molecule has 2 amide bonds. The summed E-state index contributed by atoms with van der Waals surface area (Å²) in [5.74, 6) is -1.44. The van der Waals surface area contributed by atoms with Gasteiger partial charge in [0.25, 0.3) is 0 Å². The number of hydrogen-bond donors (Lipinski definition) is 2. The first-order valence-corrected chi connectivity index (χ1v) is 7.44. The van der Waals surface area contributed by atoms with Gasteiger partial charge in [-0.15, -0.1) is 0 Å². The SMILES string of the molecule is C=C1CC2Cc3nc(C=O)ccc3C(C(N)=O)(C1)C2=O.CC(N)=O. The highest BCUT2D eigenvalue weighted by Crippen LogP contribution is 2.47. The largest absolute Gasteiger partial charge is 0.370 e. The molecule has 2 aliphatic rings. The standard InChI is InChI=1S/C15H14N2O3.C2H5NO/c1-8-4-9-5-12-11(3-2-10(7-18)17-12)15(6-8,13(9)19)14(16)20;1-2(3)4/h2-3,7,9H,1,4-6H2,(H2,16,20);1H3,(H2,3,4). The van der Waals surface area contributed by atoms with Crippen LogP contribution in [0.25, 0.3) is 0 Å². The van der Waals surface area contributed by atoms with Crippen LogP contribution in [0.1, 0.15) is 41.5 Å². The van der Waals surface area contributed by atoms with Crippen LogP contribution in [0, 0.1) is 5.92 Å². The van der Waals surface area contributed by atoms with Crippen molar-refractivity contribution >= 4 is 23.9 Å². The summed E-state index contributed by atoms with van der Waals surface area (Å²) in [7, 11) is 0. The molecule has 2 bridgehead atoms. The highest BCUT2D eigenvalue weighted by molar-refractivity contribution is 6.14. The summed E-state index contributed by atoms with van der Waals surface area (Å²) in [4.78, 5) is 48.9. The lowest BCUT2D eigenvalue weighted by molar-refractivity contribution is -0.139. The Morgan fingerprint density at radius 3 is 2.50 bits per heavy atom. The van der Waals surface area contributed by atoms with E-state index in [-0.39, 0.29) is 24.0 Å². The summed E-state index contributed by atoms with van der Waals surface area (Å²) >= 11 is 0. The number of fused-ring (bicyclic) bond motifs is 4. The Kier molecular flexibility index (Phi) is 4.64. The second-order valence-corrected chi connectivity index (χ2v) is 6.12. The number of carbonyl (C=O) groups excluding carboxylic acids is 4. The topological polar surface area (TPSA) is 133 Å². The summed E-state index contributed by atoms with van der Waals surface area (Å²) in [5, 5.41) is 0. The molecule has 2 atom stereocenters. The average molecular weight is 329 g/mol. The van der Waals surface area contributed by atoms with Gasteiger partial charge in [-0.3, -0.25) is 19.2 Å². The van der Waals surface area contributed by atoms with E-state index in [9.17, 15) is 19.2 Å². The minimum atomic E-state index is -1.35. The Bertz CT molecular complexity index is 752. The lowest BCUT2D eigenvalue weighted by atomic mass is 9.58. The molecule has 3 rings (SSSR count). The molecule has 1 heterocycles. The number of carbonyl (C=O) groups is 4. The number of ketones is 1. The Morgan fingerprint density at radius 1 is 1.33 bits per heavy atom. The minimum absolute atomic E-state index is 0.134. The number of nitrogens with two attached hydrogens (primary N) is 2. The lowest BCUT2D eigenvalue weighted by Gasteiger charge is -2.43. The fourth-order valence-corrected chi connectivity index (χ4v) is 3.42. The molecule has 1 fully saturated rings. The third-order valence-corrected chi connectivity index (χ3v) is 4.28. The van der Waals surface area contributed by atoms with Gasteiger partial charge in [0.05, 0.1) is 0 Å². The predicted octanol–water partition coefficient (Wildman–Crippen LogP) is 0.200. The summed E-state index contributed by atoms with van der Waals surface area (Å²) in [6.07, 6.45) is 1.89. The highest BCUT2D eigenvalue weighted by Gasteiger charge is 2.55. The first-order valence-electron chi connectivity index (χ1n) is 7.44. The second-order valence-electron chi connectivity index (χ2n) is 6.12. The Balaban J connectivity index is 0.000000471. The van der Waals surface area contributed by atoms with Gasteiger partial charge in [-0.25, -0.2) is 4.98 Å². The molecule has 7 nitrogen and oxygen atoms in total. The van der Waals surface area contributed by atoms with Gasteiger partial charge < -0.3 is 11.5 Å². The molecule has 1 aromatic heterocycles. The molecule has 2 aliphatic carbocycles. The van der Waals surface area contributed by atoms with Gasteiger partial charge in [0, 0.05) is 25.0 Å². The van der Waals surface area contributed by atoms with Crippen molar-refractivity contribution in [3.63, 3.8) is 0 Å². The van der Waals surface area contributed by atoms with E-state index in [1.54, 1.807) is 6.07 Å². The first kappa shape index (κ1) is 17.5. The van der Waals surface area contributed by atoms with Gasteiger partial charge in [-0.1, -0.05) is 18.2 Å². The smallest absolute Gasteiger partial charge is 0.236 e. The highest BCUT2D eigenvalue weighted by atomic mass is 16.2. The zero-order valence-electron chi connectivity index (χ0n) is 13.4. The van der Waals surface area contributed by atoms with E-state index in [0.717, 1.165) is 5.57 Å². The molecule has 126 valence electrons. The monoisotopic (exact) mass is 329 g/mol. The number of pyridine rings is 1. The number of amides is 2. The van der Waals surface area contributed by atoms with E-state index < -0.39 is 11.3 Å². The summed E-state index contributed by atoms with van der Waals surface area (Å²) in [6, 6.07) is 3.14. The van der Waals surface area contributed by atoms with Crippen molar-refractivity contribution < 1.29 is 19.2 Å². The van der Waals surface area contributed by atoms with Crippen molar-refractivity contribution in [3.8, 4) is 0 Å². The molecule has 0 radical (unpaired) electrons. The third-order valence-electron chi connectivity index (χ3n) is 4.28. The molecule has 0 saturated heterocycles. The van der Waals surface area contributed by atoms with Gasteiger partial charge in [-0.05, 0) is 24.5 Å². The number of aromatic nitrogens is 1. The van der Waals surface area contributed by atoms with Gasteiger partial charge in [0.15, 0.2) is 12.1 Å². The number of Topliss-reactive ketones (excluding diaryl/α,β-unsaturated/α-hetero) is 1. The second kappa shape index (κ2) is 6.35. The molecule has 0 spiro atoms. The van der Waals surface area contributed by atoms with Crippen molar-refractivity contribution in [2.75, 3.05) is 0 Å². The van der Waals surface area contributed by atoms with Gasteiger partial charge in [-0.2, -0.15) is 0 Å². The third kappa shape index (κ3) is 2.84. The molecular formula is C17H19N3O4. The number of hydrogen-bond acceptors (Lipinski definition) is 5. The molecular weight excluding hydrogens is 310 g/mol. The summed E-state index contributed by atoms with van der Waals surface area (Å²) < 4.78 is 0. The maximum absolute atomic E-state index is 12.6. The molecule has 7 heteroatoms. The van der Waals surface area contributed by atoms with E-state index in [1.165, 1.54) is 13.0 Å². The van der Waals surface area contributed by atoms with Gasteiger partial charge in [0.1, 0.15) is 11.1 Å². The van der Waals surface area contributed by atoms with E-state index in [4.69, 9.17) is 5.73 Å². The van der Waals surface area contributed by atoms with Crippen molar-refractivity contribution in [3.05, 3.63) is 41.2 Å². The van der Waals surface area contributed by atoms with Crippen molar-refractivity contribution in [1.29, 1.82) is 0 Å². The van der Waals surface area contributed by atoms with Crippen LogP contribution in [0.2, 0.25) is 0 Å². The Morgan fingerprint density at radius 2 is 1.96 bits per heavy atom. The summed E-state index contributed by atoms with van der Waals surface area (Å²) in [5.41, 5.74) is 11.0. The van der Waals surface area contributed by atoms with Crippen LogP contribution in [-0.4, -0.2) is 28.9 Å². The van der Waals surface area contributed by atoms with Crippen LogP contribution in [0.3, 0.4) is 0 Å². The van der Waals surface area contributed by atoms with Crippen LogP contribution in [-0.2, 0) is 26.2 Å². The normalized spacial score (nSPS) is 24.3. The van der Waals surface area contributed by atoms with Crippen molar-refractivity contribution in [1.82, 2.24) is 4.98 Å². The summed E-state index contributed by atoms with van der Waals surface area (Å²) in [6.45, 7) is 5.23. The van der Waals surface area contributed by atoms with E-state index in [0.29, 0.717) is 36.1 Å². The number of allylic oxidation sites excluding steroid dienone is 1. The maximum Gasteiger partial charge on any atom is 0.236 e. The van der Waals surface area contributed by atoms with E-state index >= 15 is 0 Å². The molecule has 4 N–H and O–H groups in total. The molecule has 24 heavy (non-hydrogen) atoms. The number of aldehydes is 1. The van der Waals surface area contributed by atoms with E-state index in [2.05, 4.69) is 17.3 Å². The van der Waals surface area contributed by atoms with E-state index in [1.807, 2.05) is 0 Å². The van der Waals surface area contributed by atoms with Gasteiger partial charge >= 0.3 is 0 Å². The number of rotatable bonds is 2. The van der Waals surface area contributed by atoms with Crippen LogP contribution in [0.4, 0.5) is 0 Å². The first-order chi connectivity index (χ1) is 11.2. The molecule has 0 aromatic carbocycles. The molecule has 1 aromatic rings. The average Bonchev–Trinajstić information content (AvgIpc) is 2.48. The zero-order chi connectivity index (χ0) is 18.1. The molecule has 2 unspecified atom stereocenters. The van der Waals surface area contributed by atoms with Crippen LogP contribution < -0.4 is 11.5 Å². The van der Waals surface area contributed by atoms with Crippen LogP contribution in [0.5, 0.6) is 0 Å². The quantitative estimate of drug-likeness (QED) is 0.454.